The zero-order valence-corrected chi connectivity index (χ0v) is 11.7. The molecule has 0 heterocycles. The van der Waals surface area contributed by atoms with Gasteiger partial charge in [-0.1, -0.05) is 17.7 Å². The lowest BCUT2D eigenvalue weighted by Gasteiger charge is -2.13. The normalized spacial score (nSPS) is 15.9. The Labute approximate surface area is 121 Å². The third kappa shape index (κ3) is 4.74. The molecule has 1 amide bonds. The van der Waals surface area contributed by atoms with E-state index in [-0.39, 0.29) is 24.1 Å². The summed E-state index contributed by atoms with van der Waals surface area (Å²) in [4.78, 5) is 11.5. The van der Waals surface area contributed by atoms with E-state index in [1.165, 1.54) is 25.0 Å². The van der Waals surface area contributed by atoms with E-state index in [9.17, 15) is 14.3 Å². The largest absolute Gasteiger partial charge is 0.387 e. The molecule has 0 spiro atoms. The first kappa shape index (κ1) is 15.2. The maximum absolute atomic E-state index is 13.2. The first-order valence-corrected chi connectivity index (χ1v) is 6.91. The van der Waals surface area contributed by atoms with Gasteiger partial charge in [0.2, 0.25) is 5.91 Å². The summed E-state index contributed by atoms with van der Waals surface area (Å²) in [5.41, 5.74) is 0.367. The number of carbonyl (C=O) groups excluding carboxylic acids is 1. The summed E-state index contributed by atoms with van der Waals surface area (Å²) in [5.74, 6) is -0.285. The number of nitrogens with one attached hydrogen (secondary N) is 1. The molecule has 1 aliphatic carbocycles. The van der Waals surface area contributed by atoms with Crippen molar-refractivity contribution in [2.75, 3.05) is 19.8 Å². The molecular formula is C14H17ClFNO3. The predicted octanol–water partition coefficient (Wildman–Crippen LogP) is 2.06. The summed E-state index contributed by atoms with van der Waals surface area (Å²) in [5, 5.41) is 12.4. The minimum atomic E-state index is -0.978. The third-order valence-electron chi connectivity index (χ3n) is 3.10. The molecule has 110 valence electrons. The van der Waals surface area contributed by atoms with Gasteiger partial charge < -0.3 is 15.2 Å². The van der Waals surface area contributed by atoms with Gasteiger partial charge in [-0.25, -0.2) is 4.39 Å². The standard InChI is InChI=1S/C14H17ClFNO3/c15-11-4-3-10(5-12(11)16)13(18)6-17-14(19)8-20-7-9-1-2-9/h3-5,9,13,18H,1-2,6-8H2,(H,17,19). The molecule has 0 bridgehead atoms. The van der Waals surface area contributed by atoms with Gasteiger partial charge in [-0.15, -0.1) is 0 Å². The lowest BCUT2D eigenvalue weighted by molar-refractivity contribution is -0.126. The Morgan fingerprint density at radius 2 is 2.30 bits per heavy atom. The summed E-state index contributed by atoms with van der Waals surface area (Å²) in [6.07, 6.45) is 1.36. The van der Waals surface area contributed by atoms with Crippen molar-refractivity contribution in [2.24, 2.45) is 5.92 Å². The van der Waals surface area contributed by atoms with E-state index in [2.05, 4.69) is 5.32 Å². The van der Waals surface area contributed by atoms with Crippen molar-refractivity contribution in [1.82, 2.24) is 5.32 Å². The fourth-order valence-corrected chi connectivity index (χ4v) is 1.82. The van der Waals surface area contributed by atoms with Gasteiger partial charge in [-0.2, -0.15) is 0 Å². The third-order valence-corrected chi connectivity index (χ3v) is 3.41. The van der Waals surface area contributed by atoms with E-state index in [4.69, 9.17) is 16.3 Å². The van der Waals surface area contributed by atoms with Gasteiger partial charge in [0, 0.05) is 6.54 Å². The van der Waals surface area contributed by atoms with Crippen LogP contribution in [-0.4, -0.2) is 30.8 Å². The van der Waals surface area contributed by atoms with Crippen LogP contribution in [-0.2, 0) is 9.53 Å². The average molecular weight is 302 g/mol. The molecule has 1 fully saturated rings. The summed E-state index contributed by atoms with van der Waals surface area (Å²) in [7, 11) is 0. The van der Waals surface area contributed by atoms with Crippen LogP contribution in [0.5, 0.6) is 0 Å². The number of hydrogen-bond donors (Lipinski definition) is 2. The minimum Gasteiger partial charge on any atom is -0.387 e. The molecule has 1 aliphatic rings. The van der Waals surface area contributed by atoms with Crippen molar-refractivity contribution in [3.63, 3.8) is 0 Å². The Morgan fingerprint density at radius 1 is 1.55 bits per heavy atom. The van der Waals surface area contributed by atoms with Gasteiger partial charge in [-0.05, 0) is 36.5 Å². The molecule has 1 aromatic carbocycles. The van der Waals surface area contributed by atoms with Gasteiger partial charge in [0.15, 0.2) is 0 Å². The number of benzene rings is 1. The zero-order chi connectivity index (χ0) is 14.5. The highest BCUT2D eigenvalue weighted by molar-refractivity contribution is 6.30. The Kier molecular flexibility index (Phi) is 5.34. The minimum absolute atomic E-state index is 0.00142. The van der Waals surface area contributed by atoms with E-state index in [1.807, 2.05) is 0 Å². The lowest BCUT2D eigenvalue weighted by atomic mass is 10.1. The van der Waals surface area contributed by atoms with Crippen molar-refractivity contribution in [2.45, 2.75) is 18.9 Å². The fraction of sp³-hybridized carbons (Fsp3) is 0.500. The maximum atomic E-state index is 13.2. The van der Waals surface area contributed by atoms with Crippen LogP contribution in [0.2, 0.25) is 5.02 Å². The molecule has 1 saturated carbocycles. The van der Waals surface area contributed by atoms with Crippen LogP contribution in [0.25, 0.3) is 0 Å². The lowest BCUT2D eigenvalue weighted by Crippen LogP contribution is -2.31. The zero-order valence-electron chi connectivity index (χ0n) is 10.9. The molecule has 0 aliphatic heterocycles. The molecule has 2 rings (SSSR count). The summed E-state index contributed by atoms with van der Waals surface area (Å²) in [6.45, 7) is 0.600. The van der Waals surface area contributed by atoms with Crippen LogP contribution in [0, 0.1) is 11.7 Å². The first-order valence-electron chi connectivity index (χ1n) is 6.53. The highest BCUT2D eigenvalue weighted by atomic mass is 35.5. The van der Waals surface area contributed by atoms with E-state index >= 15 is 0 Å². The van der Waals surface area contributed by atoms with Crippen molar-refractivity contribution < 1.29 is 19.0 Å². The van der Waals surface area contributed by atoms with Crippen LogP contribution < -0.4 is 5.32 Å². The number of carbonyl (C=O) groups is 1. The number of halogens is 2. The van der Waals surface area contributed by atoms with Crippen LogP contribution in [0.1, 0.15) is 24.5 Å². The molecule has 20 heavy (non-hydrogen) atoms. The number of aliphatic hydroxyl groups excluding tert-OH is 1. The maximum Gasteiger partial charge on any atom is 0.246 e. The van der Waals surface area contributed by atoms with Gasteiger partial charge >= 0.3 is 0 Å². The SMILES string of the molecule is O=C(COCC1CC1)NCC(O)c1ccc(Cl)c(F)c1. The fourth-order valence-electron chi connectivity index (χ4n) is 1.70. The van der Waals surface area contributed by atoms with Gasteiger partial charge in [0.1, 0.15) is 12.4 Å². The number of amides is 1. The van der Waals surface area contributed by atoms with Gasteiger partial charge in [0.05, 0.1) is 17.7 Å². The van der Waals surface area contributed by atoms with E-state index in [1.54, 1.807) is 0 Å². The van der Waals surface area contributed by atoms with Crippen molar-refractivity contribution >= 4 is 17.5 Å². The molecule has 0 radical (unpaired) electrons. The number of aliphatic hydroxyl groups is 1. The Hall–Kier alpha value is -1.17. The van der Waals surface area contributed by atoms with Crippen molar-refractivity contribution in [1.29, 1.82) is 0 Å². The second kappa shape index (κ2) is 7.02. The van der Waals surface area contributed by atoms with Crippen LogP contribution in [0.3, 0.4) is 0 Å². The number of ether oxygens (including phenoxy) is 1. The molecule has 1 unspecified atom stereocenters. The molecule has 1 atom stereocenters. The van der Waals surface area contributed by atoms with Gasteiger partial charge in [0.25, 0.3) is 0 Å². The van der Waals surface area contributed by atoms with E-state index < -0.39 is 11.9 Å². The second-order valence-electron chi connectivity index (χ2n) is 4.95. The molecule has 1 aromatic rings. The Morgan fingerprint density at radius 3 is 2.95 bits per heavy atom. The topological polar surface area (TPSA) is 58.6 Å². The van der Waals surface area contributed by atoms with Crippen LogP contribution in [0.4, 0.5) is 4.39 Å². The summed E-state index contributed by atoms with van der Waals surface area (Å²) >= 11 is 5.56. The molecule has 0 saturated heterocycles. The van der Waals surface area contributed by atoms with Crippen LogP contribution in [0.15, 0.2) is 18.2 Å². The summed E-state index contributed by atoms with van der Waals surface area (Å²) in [6, 6.07) is 4.05. The highest BCUT2D eigenvalue weighted by Gasteiger charge is 2.21. The molecular weight excluding hydrogens is 285 g/mol. The molecule has 6 heteroatoms. The second-order valence-corrected chi connectivity index (χ2v) is 5.36. The number of hydrogen-bond acceptors (Lipinski definition) is 3. The molecule has 4 nitrogen and oxygen atoms in total. The van der Waals surface area contributed by atoms with Crippen molar-refractivity contribution in [3.8, 4) is 0 Å². The predicted molar refractivity (Wildman–Crippen MR) is 72.9 cm³/mol. The van der Waals surface area contributed by atoms with Gasteiger partial charge in [-0.3, -0.25) is 4.79 Å². The van der Waals surface area contributed by atoms with E-state index in [0.717, 1.165) is 6.07 Å². The first-order chi connectivity index (χ1) is 9.56. The molecule has 2 N–H and O–H groups in total. The van der Waals surface area contributed by atoms with Crippen LogP contribution >= 0.6 is 11.6 Å². The Bertz CT molecular complexity index is 479. The highest BCUT2D eigenvalue weighted by Crippen LogP contribution is 2.28. The van der Waals surface area contributed by atoms with E-state index in [0.29, 0.717) is 18.1 Å². The monoisotopic (exact) mass is 301 g/mol. The summed E-state index contributed by atoms with van der Waals surface area (Å²) < 4.78 is 18.5. The average Bonchev–Trinajstić information content (AvgIpc) is 3.23. The molecule has 0 aromatic heterocycles. The quantitative estimate of drug-likeness (QED) is 0.810. The number of rotatable bonds is 7. The Balaban J connectivity index is 1.71. The smallest absolute Gasteiger partial charge is 0.246 e. The van der Waals surface area contributed by atoms with Crippen molar-refractivity contribution in [3.05, 3.63) is 34.6 Å².